The minimum atomic E-state index is -4.62. The van der Waals surface area contributed by atoms with Crippen LogP contribution in [0.1, 0.15) is 21.6 Å². The summed E-state index contributed by atoms with van der Waals surface area (Å²) in [6.07, 6.45) is -3.18. The van der Waals surface area contributed by atoms with Crippen LogP contribution < -0.4 is 15.0 Å². The molecule has 39 heavy (non-hydrogen) atoms. The molecule has 0 aliphatic carbocycles. The number of halogens is 4. The minimum Gasteiger partial charge on any atom is -0.457 e. The van der Waals surface area contributed by atoms with Crippen LogP contribution in [0.4, 0.5) is 23.2 Å². The van der Waals surface area contributed by atoms with Gasteiger partial charge in [-0.05, 0) is 72.3 Å². The zero-order valence-electron chi connectivity index (χ0n) is 20.7. The van der Waals surface area contributed by atoms with Crippen molar-refractivity contribution in [1.82, 2.24) is 9.88 Å². The number of rotatable bonds is 7. The molecular weight excluding hydrogens is 514 g/mol. The van der Waals surface area contributed by atoms with Gasteiger partial charge in [0.2, 0.25) is 0 Å². The third-order valence-corrected chi connectivity index (χ3v) is 6.33. The van der Waals surface area contributed by atoms with E-state index in [1.807, 2.05) is 4.90 Å². The van der Waals surface area contributed by atoms with Crippen LogP contribution >= 0.6 is 0 Å². The van der Waals surface area contributed by atoms with Gasteiger partial charge in [-0.2, -0.15) is 13.2 Å². The van der Waals surface area contributed by atoms with E-state index in [4.69, 9.17) is 9.47 Å². The fourth-order valence-electron chi connectivity index (χ4n) is 4.34. The van der Waals surface area contributed by atoms with Gasteiger partial charge in [0.05, 0.1) is 24.5 Å². The maximum Gasteiger partial charge on any atom is 0.418 e. The molecule has 1 aliphatic heterocycles. The first-order chi connectivity index (χ1) is 18.8. The molecule has 0 unspecified atom stereocenters. The highest BCUT2D eigenvalue weighted by Crippen LogP contribution is 2.37. The number of nitrogens with zero attached hydrogens (tertiary/aromatic N) is 2. The average molecular weight is 540 g/mol. The lowest BCUT2D eigenvalue weighted by Gasteiger charge is -2.30. The molecule has 0 bridgehead atoms. The molecule has 0 radical (unpaired) electrons. The van der Waals surface area contributed by atoms with Crippen molar-refractivity contribution < 1.29 is 31.8 Å². The maximum atomic E-state index is 14.1. The Balaban J connectivity index is 1.29. The summed E-state index contributed by atoms with van der Waals surface area (Å²) in [5.41, 5.74) is 0.347. The lowest BCUT2D eigenvalue weighted by molar-refractivity contribution is -0.137. The number of amides is 1. The molecule has 0 spiro atoms. The second kappa shape index (κ2) is 11.2. The first-order valence-corrected chi connectivity index (χ1v) is 12.3. The number of benzene rings is 3. The number of anilines is 1. The van der Waals surface area contributed by atoms with Crippen molar-refractivity contribution in [2.75, 3.05) is 31.2 Å². The summed E-state index contributed by atoms with van der Waals surface area (Å²) >= 11 is 0. The Morgan fingerprint density at radius 3 is 2.26 bits per heavy atom. The molecule has 1 aromatic heterocycles. The summed E-state index contributed by atoms with van der Waals surface area (Å²) in [6.45, 7) is 2.08. The first kappa shape index (κ1) is 26.3. The topological polar surface area (TPSA) is 55.7 Å². The molecule has 2 heterocycles. The molecule has 4 aromatic rings. The van der Waals surface area contributed by atoms with Gasteiger partial charge in [0.25, 0.3) is 5.91 Å². The van der Waals surface area contributed by atoms with Crippen LogP contribution in [0.2, 0.25) is 0 Å². The standard InChI is InChI=1S/C29H25F4N3O3/c30-21-5-10-24(11-6-21)39-23-8-3-20(4-9-23)19-34-28(37)27-2-1-13-36(27)26-12-7-22(18-25(26)29(31,32)33)35-14-16-38-17-15-35/h1-13,18H,14-17,19H2,(H,34,37). The van der Waals surface area contributed by atoms with Crippen LogP contribution in [-0.2, 0) is 17.5 Å². The van der Waals surface area contributed by atoms with Gasteiger partial charge in [-0.1, -0.05) is 12.1 Å². The van der Waals surface area contributed by atoms with Gasteiger partial charge >= 0.3 is 6.18 Å². The predicted molar refractivity (Wildman–Crippen MR) is 138 cm³/mol. The molecule has 1 fully saturated rings. The highest BCUT2D eigenvalue weighted by molar-refractivity contribution is 5.93. The van der Waals surface area contributed by atoms with E-state index in [1.165, 1.54) is 53.2 Å². The van der Waals surface area contributed by atoms with Gasteiger partial charge < -0.3 is 24.3 Å². The Bertz CT molecular complexity index is 1430. The van der Waals surface area contributed by atoms with E-state index in [0.717, 1.165) is 11.6 Å². The van der Waals surface area contributed by atoms with Crippen LogP contribution in [0, 0.1) is 5.82 Å². The van der Waals surface area contributed by atoms with Crippen molar-refractivity contribution in [3.63, 3.8) is 0 Å². The molecule has 5 rings (SSSR count). The molecule has 1 N–H and O–H groups in total. The predicted octanol–water partition coefficient (Wildman–Crippen LogP) is 6.19. The molecule has 0 atom stereocenters. The molecular formula is C29H25F4N3O3. The van der Waals surface area contributed by atoms with Crippen LogP contribution in [-0.4, -0.2) is 36.8 Å². The molecule has 3 aromatic carbocycles. The number of aromatic nitrogens is 1. The summed E-state index contributed by atoms with van der Waals surface area (Å²) in [5, 5.41) is 2.76. The Morgan fingerprint density at radius 2 is 1.59 bits per heavy atom. The monoisotopic (exact) mass is 539 g/mol. The fourth-order valence-corrected chi connectivity index (χ4v) is 4.34. The number of carbonyl (C=O) groups excluding carboxylic acids is 1. The maximum absolute atomic E-state index is 14.1. The van der Waals surface area contributed by atoms with Crippen molar-refractivity contribution in [3.05, 3.63) is 108 Å². The third kappa shape index (κ3) is 6.23. The Kier molecular flexibility index (Phi) is 7.56. The van der Waals surface area contributed by atoms with Crippen LogP contribution in [0.5, 0.6) is 11.5 Å². The number of alkyl halides is 3. The Hall–Kier alpha value is -4.31. The number of nitrogens with one attached hydrogen (secondary N) is 1. The van der Waals surface area contributed by atoms with Gasteiger partial charge in [0, 0.05) is 31.5 Å². The lowest BCUT2D eigenvalue weighted by Crippen LogP contribution is -2.36. The zero-order valence-corrected chi connectivity index (χ0v) is 20.7. The number of ether oxygens (including phenoxy) is 2. The van der Waals surface area contributed by atoms with E-state index >= 15 is 0 Å². The van der Waals surface area contributed by atoms with E-state index in [0.29, 0.717) is 43.5 Å². The molecule has 1 saturated heterocycles. The second-order valence-corrected chi connectivity index (χ2v) is 8.94. The van der Waals surface area contributed by atoms with E-state index in [2.05, 4.69) is 5.32 Å². The molecule has 1 amide bonds. The smallest absolute Gasteiger partial charge is 0.418 e. The van der Waals surface area contributed by atoms with Crippen LogP contribution in [0.25, 0.3) is 5.69 Å². The summed E-state index contributed by atoms with van der Waals surface area (Å²) < 4.78 is 67.6. The number of hydrogen-bond donors (Lipinski definition) is 1. The summed E-state index contributed by atoms with van der Waals surface area (Å²) in [5.74, 6) is 0.136. The van der Waals surface area contributed by atoms with Gasteiger partial charge in [0.15, 0.2) is 0 Å². The SMILES string of the molecule is O=C(NCc1ccc(Oc2ccc(F)cc2)cc1)c1cccn1-c1ccc(N2CCOCC2)cc1C(F)(F)F. The Labute approximate surface area is 222 Å². The van der Waals surface area contributed by atoms with Crippen molar-refractivity contribution in [3.8, 4) is 17.2 Å². The lowest BCUT2D eigenvalue weighted by atomic mass is 10.1. The fraction of sp³-hybridized carbons (Fsp3) is 0.207. The van der Waals surface area contributed by atoms with E-state index in [9.17, 15) is 22.4 Å². The molecule has 1 aliphatic rings. The van der Waals surface area contributed by atoms with Crippen molar-refractivity contribution in [1.29, 1.82) is 0 Å². The number of hydrogen-bond acceptors (Lipinski definition) is 4. The van der Waals surface area contributed by atoms with Crippen molar-refractivity contribution in [2.24, 2.45) is 0 Å². The highest BCUT2D eigenvalue weighted by Gasteiger charge is 2.35. The summed E-state index contributed by atoms with van der Waals surface area (Å²) in [4.78, 5) is 14.8. The van der Waals surface area contributed by atoms with Crippen LogP contribution in [0.3, 0.4) is 0 Å². The molecule has 10 heteroatoms. The molecule has 202 valence electrons. The average Bonchev–Trinajstić information content (AvgIpc) is 3.43. The highest BCUT2D eigenvalue weighted by atomic mass is 19.4. The van der Waals surface area contributed by atoms with Gasteiger partial charge in [0.1, 0.15) is 23.0 Å². The van der Waals surface area contributed by atoms with E-state index < -0.39 is 17.6 Å². The van der Waals surface area contributed by atoms with E-state index in [-0.39, 0.29) is 23.7 Å². The Morgan fingerprint density at radius 1 is 0.923 bits per heavy atom. The number of morpholine rings is 1. The normalized spacial score (nSPS) is 13.8. The second-order valence-electron chi connectivity index (χ2n) is 8.94. The van der Waals surface area contributed by atoms with Crippen molar-refractivity contribution >= 4 is 11.6 Å². The largest absolute Gasteiger partial charge is 0.457 e. The van der Waals surface area contributed by atoms with Gasteiger partial charge in [-0.3, -0.25) is 4.79 Å². The number of carbonyl (C=O) groups is 1. The van der Waals surface area contributed by atoms with E-state index in [1.54, 1.807) is 30.3 Å². The van der Waals surface area contributed by atoms with Gasteiger partial charge in [-0.15, -0.1) is 0 Å². The third-order valence-electron chi connectivity index (χ3n) is 6.33. The van der Waals surface area contributed by atoms with Crippen LogP contribution in [0.15, 0.2) is 85.1 Å². The van der Waals surface area contributed by atoms with Crippen molar-refractivity contribution in [2.45, 2.75) is 12.7 Å². The summed E-state index contributed by atoms with van der Waals surface area (Å²) in [7, 11) is 0. The van der Waals surface area contributed by atoms with Gasteiger partial charge in [-0.25, -0.2) is 4.39 Å². The first-order valence-electron chi connectivity index (χ1n) is 12.3. The molecule has 6 nitrogen and oxygen atoms in total. The summed E-state index contributed by atoms with van der Waals surface area (Å²) in [6, 6.07) is 19.7. The minimum absolute atomic E-state index is 0.0795. The zero-order chi connectivity index (χ0) is 27.4. The quantitative estimate of drug-likeness (QED) is 0.285. The molecule has 0 saturated carbocycles.